The highest BCUT2D eigenvalue weighted by Gasteiger charge is 2.36. The van der Waals surface area contributed by atoms with Crippen LogP contribution in [0.3, 0.4) is 0 Å². The highest BCUT2D eigenvalue weighted by Crippen LogP contribution is 2.25. The zero-order valence-electron chi connectivity index (χ0n) is 17.6. The van der Waals surface area contributed by atoms with E-state index in [1.165, 1.54) is 5.41 Å². The lowest BCUT2D eigenvalue weighted by Crippen LogP contribution is -2.49. The third-order valence-corrected chi connectivity index (χ3v) is 7.57. The van der Waals surface area contributed by atoms with Crippen LogP contribution in [0.4, 0.5) is 0 Å². The summed E-state index contributed by atoms with van der Waals surface area (Å²) in [7, 11) is -3.31. The van der Waals surface area contributed by atoms with E-state index in [1.807, 2.05) is 30.3 Å². The first-order valence-corrected chi connectivity index (χ1v) is 12.7. The maximum atomic E-state index is 13.6. The number of halogens is 1. The van der Waals surface area contributed by atoms with E-state index in [2.05, 4.69) is 0 Å². The average molecular weight is 473 g/mol. The first kappa shape index (κ1) is 22.6. The van der Waals surface area contributed by atoms with Crippen molar-refractivity contribution in [1.29, 1.82) is 0 Å². The third-order valence-electron chi connectivity index (χ3n) is 5.94. The molecule has 2 aliphatic rings. The molecule has 0 N–H and O–H groups in total. The highest BCUT2D eigenvalue weighted by atomic mass is 35.5. The standard InChI is InChI=1S/C24H25ClN2O4S/c25-21-10-8-19(9-11-21)23(28)26-13-4-7-20(16-26)24(29)27(15-18-5-2-1-3-6-18)22-12-14-32(30,31)17-22/h1-3,5-6,8-12,14,20,22H,4,7,13,15-17H2. The molecule has 0 bridgehead atoms. The number of piperidine rings is 1. The minimum Gasteiger partial charge on any atom is -0.338 e. The van der Waals surface area contributed by atoms with Crippen LogP contribution >= 0.6 is 11.6 Å². The van der Waals surface area contributed by atoms with Crippen LogP contribution in [0.15, 0.2) is 66.1 Å². The molecule has 2 unspecified atom stereocenters. The predicted octanol–water partition coefficient (Wildman–Crippen LogP) is 3.53. The molecule has 0 spiro atoms. The zero-order chi connectivity index (χ0) is 22.7. The Labute approximate surface area is 193 Å². The summed E-state index contributed by atoms with van der Waals surface area (Å²) in [4.78, 5) is 29.9. The van der Waals surface area contributed by atoms with Gasteiger partial charge in [0, 0.05) is 35.6 Å². The molecule has 2 aliphatic heterocycles. The number of likely N-dealkylation sites (tertiary alicyclic amines) is 1. The summed E-state index contributed by atoms with van der Waals surface area (Å²) in [5, 5.41) is 1.75. The fourth-order valence-corrected chi connectivity index (χ4v) is 5.69. The lowest BCUT2D eigenvalue weighted by Gasteiger charge is -2.37. The maximum Gasteiger partial charge on any atom is 0.253 e. The van der Waals surface area contributed by atoms with Crippen LogP contribution in [0.1, 0.15) is 28.8 Å². The van der Waals surface area contributed by atoms with Gasteiger partial charge in [-0.2, -0.15) is 0 Å². The number of hydrogen-bond acceptors (Lipinski definition) is 4. The van der Waals surface area contributed by atoms with E-state index in [-0.39, 0.29) is 23.5 Å². The molecule has 0 saturated carbocycles. The number of carbonyl (C=O) groups is 2. The van der Waals surface area contributed by atoms with Crippen LogP contribution in [0, 0.1) is 5.92 Å². The van der Waals surface area contributed by atoms with Crippen LogP contribution in [0.25, 0.3) is 0 Å². The van der Waals surface area contributed by atoms with Gasteiger partial charge < -0.3 is 9.80 Å². The molecule has 2 aromatic carbocycles. The molecule has 2 amide bonds. The van der Waals surface area contributed by atoms with Gasteiger partial charge in [0.2, 0.25) is 5.91 Å². The summed E-state index contributed by atoms with van der Waals surface area (Å²) < 4.78 is 24.1. The van der Waals surface area contributed by atoms with Gasteiger partial charge in [0.15, 0.2) is 9.84 Å². The molecule has 168 valence electrons. The molecule has 2 heterocycles. The van der Waals surface area contributed by atoms with Gasteiger partial charge in [-0.05, 0) is 48.7 Å². The number of carbonyl (C=O) groups excluding carboxylic acids is 2. The number of rotatable bonds is 5. The summed E-state index contributed by atoms with van der Waals surface area (Å²) in [5.41, 5.74) is 1.47. The van der Waals surface area contributed by atoms with Gasteiger partial charge in [-0.1, -0.05) is 41.9 Å². The summed E-state index contributed by atoms with van der Waals surface area (Å²) in [6.45, 7) is 1.22. The van der Waals surface area contributed by atoms with Gasteiger partial charge in [-0.3, -0.25) is 9.59 Å². The summed E-state index contributed by atoms with van der Waals surface area (Å²) in [5.74, 6) is -0.724. The van der Waals surface area contributed by atoms with Crippen LogP contribution in [-0.4, -0.2) is 54.9 Å². The van der Waals surface area contributed by atoms with Crippen molar-refractivity contribution in [3.8, 4) is 0 Å². The Bertz CT molecular complexity index is 1120. The maximum absolute atomic E-state index is 13.6. The molecule has 6 nitrogen and oxygen atoms in total. The molecule has 0 aromatic heterocycles. The summed E-state index contributed by atoms with van der Waals surface area (Å²) >= 11 is 5.93. The Hall–Kier alpha value is -2.64. The molecule has 8 heteroatoms. The molecule has 2 atom stereocenters. The fourth-order valence-electron chi connectivity index (χ4n) is 4.26. The Kier molecular flexibility index (Phi) is 6.67. The van der Waals surface area contributed by atoms with Crippen molar-refractivity contribution < 1.29 is 18.0 Å². The Morgan fingerprint density at radius 1 is 1.06 bits per heavy atom. The summed E-state index contributed by atoms with van der Waals surface area (Å²) in [6.07, 6.45) is 2.97. The van der Waals surface area contributed by atoms with Crippen molar-refractivity contribution in [3.05, 3.63) is 82.2 Å². The number of amides is 2. The third kappa shape index (κ3) is 5.22. The molecular formula is C24H25ClN2O4S. The average Bonchev–Trinajstić information content (AvgIpc) is 3.17. The zero-order valence-corrected chi connectivity index (χ0v) is 19.1. The number of benzene rings is 2. The Morgan fingerprint density at radius 3 is 2.44 bits per heavy atom. The monoisotopic (exact) mass is 472 g/mol. The minimum absolute atomic E-state index is 0.105. The Balaban J connectivity index is 1.52. The normalized spacial score (nSPS) is 22.0. The van der Waals surface area contributed by atoms with Crippen LogP contribution in [0.2, 0.25) is 5.02 Å². The topological polar surface area (TPSA) is 74.8 Å². The van der Waals surface area contributed by atoms with E-state index in [0.717, 1.165) is 5.56 Å². The lowest BCUT2D eigenvalue weighted by molar-refractivity contribution is -0.138. The van der Waals surface area contributed by atoms with Crippen molar-refractivity contribution in [2.24, 2.45) is 5.92 Å². The van der Waals surface area contributed by atoms with E-state index in [0.29, 0.717) is 43.1 Å². The molecule has 32 heavy (non-hydrogen) atoms. The van der Waals surface area contributed by atoms with Gasteiger partial charge in [-0.25, -0.2) is 8.42 Å². The quantitative estimate of drug-likeness (QED) is 0.667. The molecule has 2 aromatic rings. The van der Waals surface area contributed by atoms with E-state index in [9.17, 15) is 18.0 Å². The molecule has 0 aliphatic carbocycles. The Morgan fingerprint density at radius 2 is 1.78 bits per heavy atom. The van der Waals surface area contributed by atoms with Gasteiger partial charge in [-0.15, -0.1) is 0 Å². The molecule has 0 radical (unpaired) electrons. The fraction of sp³-hybridized carbons (Fsp3) is 0.333. The van der Waals surface area contributed by atoms with Crippen molar-refractivity contribution in [3.63, 3.8) is 0 Å². The van der Waals surface area contributed by atoms with Crippen molar-refractivity contribution in [2.75, 3.05) is 18.8 Å². The first-order chi connectivity index (χ1) is 15.3. The van der Waals surface area contributed by atoms with Gasteiger partial charge in [0.25, 0.3) is 5.91 Å². The van der Waals surface area contributed by atoms with Crippen molar-refractivity contribution in [1.82, 2.24) is 9.80 Å². The van der Waals surface area contributed by atoms with Crippen molar-refractivity contribution in [2.45, 2.75) is 25.4 Å². The second kappa shape index (κ2) is 9.46. The smallest absolute Gasteiger partial charge is 0.253 e. The van der Waals surface area contributed by atoms with Gasteiger partial charge >= 0.3 is 0 Å². The van der Waals surface area contributed by atoms with Crippen LogP contribution < -0.4 is 0 Å². The van der Waals surface area contributed by atoms with E-state index >= 15 is 0 Å². The van der Waals surface area contributed by atoms with Gasteiger partial charge in [0.1, 0.15) is 0 Å². The van der Waals surface area contributed by atoms with Crippen molar-refractivity contribution >= 4 is 33.3 Å². The van der Waals surface area contributed by atoms with E-state index in [1.54, 1.807) is 40.1 Å². The lowest BCUT2D eigenvalue weighted by atomic mass is 9.95. The summed E-state index contributed by atoms with van der Waals surface area (Å²) in [6, 6.07) is 15.8. The highest BCUT2D eigenvalue weighted by molar-refractivity contribution is 7.94. The predicted molar refractivity (Wildman–Crippen MR) is 124 cm³/mol. The first-order valence-electron chi connectivity index (χ1n) is 10.6. The largest absolute Gasteiger partial charge is 0.338 e. The molecule has 1 saturated heterocycles. The molecule has 1 fully saturated rings. The second-order valence-corrected chi connectivity index (χ2v) is 10.6. The number of sulfone groups is 1. The number of hydrogen-bond donors (Lipinski definition) is 0. The number of nitrogens with zero attached hydrogens (tertiary/aromatic N) is 2. The van der Waals surface area contributed by atoms with Crippen LogP contribution in [0.5, 0.6) is 0 Å². The SMILES string of the molecule is O=C(c1ccc(Cl)cc1)N1CCCC(C(=O)N(Cc2ccccc2)C2C=CS(=O)(=O)C2)C1. The second-order valence-electron chi connectivity index (χ2n) is 8.27. The van der Waals surface area contributed by atoms with Crippen LogP contribution in [-0.2, 0) is 21.2 Å². The van der Waals surface area contributed by atoms with E-state index < -0.39 is 15.9 Å². The van der Waals surface area contributed by atoms with E-state index in [4.69, 9.17) is 11.6 Å². The molecular weight excluding hydrogens is 448 g/mol. The molecule has 4 rings (SSSR count). The van der Waals surface area contributed by atoms with Gasteiger partial charge in [0.05, 0.1) is 17.7 Å². The minimum atomic E-state index is -3.31.